The van der Waals surface area contributed by atoms with E-state index in [4.69, 9.17) is 4.74 Å². The molecule has 3 aromatic rings. The summed E-state index contributed by atoms with van der Waals surface area (Å²) in [5.74, 6) is 1.10. The number of nitrogens with zero attached hydrogens (tertiary/aromatic N) is 4. The van der Waals surface area contributed by atoms with Crippen LogP contribution in [0.1, 0.15) is 36.8 Å². The SMILES string of the molecule is CCSc1nnc2c(n1)O[C@@H](c1ccc(SC)cc1)N(C(C)=O)c1c(C)cc(C)cc1-2. The molecule has 2 aromatic carbocycles. The van der Waals surface area contributed by atoms with Crippen molar-refractivity contribution >= 4 is 35.1 Å². The first-order valence-corrected chi connectivity index (χ1v) is 12.2. The van der Waals surface area contributed by atoms with Gasteiger partial charge in [-0.3, -0.25) is 9.69 Å². The number of ether oxygens (including phenoxy) is 1. The van der Waals surface area contributed by atoms with Crippen LogP contribution in [0.5, 0.6) is 5.88 Å². The summed E-state index contributed by atoms with van der Waals surface area (Å²) in [5, 5.41) is 9.31. The highest BCUT2D eigenvalue weighted by atomic mass is 32.2. The number of aromatic nitrogens is 3. The Bertz CT molecular complexity index is 1140. The molecule has 0 N–H and O–H groups in total. The molecule has 1 atom stereocenters. The smallest absolute Gasteiger partial charge is 0.247 e. The summed E-state index contributed by atoms with van der Waals surface area (Å²) in [6, 6.07) is 12.1. The van der Waals surface area contributed by atoms with Crippen molar-refractivity contribution in [2.75, 3.05) is 16.9 Å². The molecule has 31 heavy (non-hydrogen) atoms. The second-order valence-corrected chi connectivity index (χ2v) is 9.40. The molecular weight excluding hydrogens is 428 g/mol. The molecule has 160 valence electrons. The first-order valence-electron chi connectivity index (χ1n) is 10.0. The van der Waals surface area contributed by atoms with E-state index in [1.165, 1.54) is 11.8 Å². The fraction of sp³-hybridized carbons (Fsp3) is 0.304. The Hall–Kier alpha value is -2.58. The van der Waals surface area contributed by atoms with Gasteiger partial charge in [0.05, 0.1) is 5.69 Å². The van der Waals surface area contributed by atoms with Gasteiger partial charge in [-0.1, -0.05) is 42.4 Å². The lowest BCUT2D eigenvalue weighted by atomic mass is 10.00. The highest BCUT2D eigenvalue weighted by Crippen LogP contribution is 2.45. The molecule has 4 rings (SSSR count). The van der Waals surface area contributed by atoms with Gasteiger partial charge in [0, 0.05) is 22.9 Å². The Kier molecular flexibility index (Phi) is 6.20. The number of amides is 1. The summed E-state index contributed by atoms with van der Waals surface area (Å²) in [4.78, 5) is 20.5. The summed E-state index contributed by atoms with van der Waals surface area (Å²) in [6.45, 7) is 7.62. The van der Waals surface area contributed by atoms with Gasteiger partial charge in [-0.2, -0.15) is 4.98 Å². The molecule has 0 radical (unpaired) electrons. The minimum absolute atomic E-state index is 0.115. The first-order chi connectivity index (χ1) is 14.9. The lowest BCUT2D eigenvalue weighted by molar-refractivity contribution is -0.118. The molecule has 0 bridgehead atoms. The van der Waals surface area contributed by atoms with Gasteiger partial charge < -0.3 is 4.74 Å². The van der Waals surface area contributed by atoms with Gasteiger partial charge in [0.1, 0.15) is 0 Å². The van der Waals surface area contributed by atoms with Gasteiger partial charge in [-0.05, 0) is 49.6 Å². The third-order valence-electron chi connectivity index (χ3n) is 5.05. The van der Waals surface area contributed by atoms with Crippen molar-refractivity contribution in [3.05, 3.63) is 53.1 Å². The first kappa shape index (κ1) is 21.6. The van der Waals surface area contributed by atoms with Crippen molar-refractivity contribution in [3.63, 3.8) is 0 Å². The Labute approximate surface area is 190 Å². The summed E-state index contributed by atoms with van der Waals surface area (Å²) in [7, 11) is 0. The van der Waals surface area contributed by atoms with E-state index < -0.39 is 6.23 Å². The summed E-state index contributed by atoms with van der Waals surface area (Å²) >= 11 is 3.17. The quantitative estimate of drug-likeness (QED) is 0.489. The van der Waals surface area contributed by atoms with Crippen molar-refractivity contribution in [3.8, 4) is 17.1 Å². The molecule has 0 saturated carbocycles. The molecule has 1 aromatic heterocycles. The zero-order valence-corrected chi connectivity index (χ0v) is 19.8. The van der Waals surface area contributed by atoms with E-state index in [1.807, 2.05) is 57.4 Å². The maximum Gasteiger partial charge on any atom is 0.247 e. The van der Waals surface area contributed by atoms with E-state index in [0.717, 1.165) is 38.6 Å². The molecule has 2 heterocycles. The molecule has 6 nitrogen and oxygen atoms in total. The van der Waals surface area contributed by atoms with Crippen LogP contribution in [-0.4, -0.2) is 33.1 Å². The van der Waals surface area contributed by atoms with Crippen molar-refractivity contribution < 1.29 is 9.53 Å². The van der Waals surface area contributed by atoms with E-state index in [-0.39, 0.29) is 5.91 Å². The van der Waals surface area contributed by atoms with Gasteiger partial charge in [-0.15, -0.1) is 22.0 Å². The lowest BCUT2D eigenvalue weighted by Crippen LogP contribution is -2.36. The zero-order chi connectivity index (χ0) is 22.1. The maximum absolute atomic E-state index is 13.0. The Morgan fingerprint density at radius 3 is 2.55 bits per heavy atom. The van der Waals surface area contributed by atoms with Crippen LogP contribution in [0.3, 0.4) is 0 Å². The molecule has 0 saturated heterocycles. The molecule has 1 amide bonds. The van der Waals surface area contributed by atoms with Crippen LogP contribution in [0, 0.1) is 13.8 Å². The topological polar surface area (TPSA) is 68.2 Å². The predicted molar refractivity (Wildman–Crippen MR) is 126 cm³/mol. The predicted octanol–water partition coefficient (Wildman–Crippen LogP) is 5.43. The van der Waals surface area contributed by atoms with Gasteiger partial charge in [0.25, 0.3) is 0 Å². The highest BCUT2D eigenvalue weighted by Gasteiger charge is 2.35. The van der Waals surface area contributed by atoms with Gasteiger partial charge in [0.2, 0.25) is 23.2 Å². The van der Waals surface area contributed by atoms with E-state index >= 15 is 0 Å². The van der Waals surface area contributed by atoms with Crippen molar-refractivity contribution in [2.24, 2.45) is 0 Å². The molecule has 1 aliphatic rings. The number of carbonyl (C=O) groups excluding carboxylic acids is 1. The van der Waals surface area contributed by atoms with E-state index in [9.17, 15) is 4.79 Å². The number of hydrogen-bond donors (Lipinski definition) is 0. The minimum atomic E-state index is -0.661. The second-order valence-electron chi connectivity index (χ2n) is 7.29. The summed E-state index contributed by atoms with van der Waals surface area (Å²) in [5.41, 5.74) is 5.05. The fourth-order valence-electron chi connectivity index (χ4n) is 3.78. The highest BCUT2D eigenvalue weighted by molar-refractivity contribution is 7.99. The molecule has 0 fully saturated rings. The van der Waals surface area contributed by atoms with E-state index in [2.05, 4.69) is 21.2 Å². The summed E-state index contributed by atoms with van der Waals surface area (Å²) < 4.78 is 6.43. The third kappa shape index (κ3) is 4.14. The largest absolute Gasteiger partial charge is 0.447 e. The second kappa shape index (κ2) is 8.88. The van der Waals surface area contributed by atoms with Crippen LogP contribution in [0.2, 0.25) is 0 Å². The van der Waals surface area contributed by atoms with Crippen LogP contribution < -0.4 is 9.64 Å². The Morgan fingerprint density at radius 1 is 1.16 bits per heavy atom. The number of thioether (sulfide) groups is 2. The lowest BCUT2D eigenvalue weighted by Gasteiger charge is -2.31. The minimum Gasteiger partial charge on any atom is -0.447 e. The molecule has 0 unspecified atom stereocenters. The monoisotopic (exact) mass is 452 g/mol. The number of rotatable bonds is 4. The average Bonchev–Trinajstić information content (AvgIpc) is 2.88. The van der Waals surface area contributed by atoms with Crippen molar-refractivity contribution in [2.45, 2.75) is 44.0 Å². The van der Waals surface area contributed by atoms with Crippen molar-refractivity contribution in [1.82, 2.24) is 15.2 Å². The third-order valence-corrected chi connectivity index (χ3v) is 6.51. The Morgan fingerprint density at radius 2 is 1.90 bits per heavy atom. The molecule has 8 heteroatoms. The van der Waals surface area contributed by atoms with Crippen LogP contribution in [-0.2, 0) is 4.79 Å². The van der Waals surface area contributed by atoms with E-state index in [0.29, 0.717) is 16.7 Å². The van der Waals surface area contributed by atoms with E-state index in [1.54, 1.807) is 23.6 Å². The Balaban J connectivity index is 1.98. The summed E-state index contributed by atoms with van der Waals surface area (Å²) in [6.07, 6.45) is 1.37. The molecule has 0 spiro atoms. The van der Waals surface area contributed by atoms with Crippen molar-refractivity contribution in [1.29, 1.82) is 0 Å². The van der Waals surface area contributed by atoms with Crippen LogP contribution in [0.4, 0.5) is 5.69 Å². The molecular formula is C23H24N4O2S2. The zero-order valence-electron chi connectivity index (χ0n) is 18.2. The fourth-order valence-corrected chi connectivity index (χ4v) is 4.70. The number of anilines is 1. The molecule has 1 aliphatic heterocycles. The average molecular weight is 453 g/mol. The van der Waals surface area contributed by atoms with Crippen LogP contribution >= 0.6 is 23.5 Å². The normalized spacial score (nSPS) is 15.0. The number of benzene rings is 2. The van der Waals surface area contributed by atoms with Gasteiger partial charge in [-0.25, -0.2) is 0 Å². The van der Waals surface area contributed by atoms with Gasteiger partial charge >= 0.3 is 0 Å². The number of aryl methyl sites for hydroxylation is 2. The van der Waals surface area contributed by atoms with Crippen LogP contribution in [0.25, 0.3) is 11.3 Å². The standard InChI is InChI=1S/C23H24N4O2S2/c1-6-31-23-24-21-19(25-26-23)18-12-13(2)11-14(3)20(18)27(15(4)28)22(29-21)16-7-9-17(30-5)10-8-16/h7-12,22H,6H2,1-5H3/t22-/m0/s1. The number of hydrogen-bond acceptors (Lipinski definition) is 7. The van der Waals surface area contributed by atoms with Gasteiger partial charge in [0.15, 0.2) is 5.69 Å². The molecule has 0 aliphatic carbocycles. The number of fused-ring (bicyclic) bond motifs is 3. The maximum atomic E-state index is 13.0. The van der Waals surface area contributed by atoms with Crippen LogP contribution in [0.15, 0.2) is 46.5 Å². The number of carbonyl (C=O) groups is 1.